The number of benzene rings is 2. The molecule has 0 aliphatic carbocycles. The highest BCUT2D eigenvalue weighted by atomic mass is 15.1. The Morgan fingerprint density at radius 1 is 0.941 bits per heavy atom. The van der Waals surface area contributed by atoms with E-state index in [0.717, 1.165) is 5.69 Å². The van der Waals surface area contributed by atoms with Gasteiger partial charge in [-0.15, -0.1) is 0 Å². The van der Waals surface area contributed by atoms with E-state index in [2.05, 4.69) is 55.3 Å². The van der Waals surface area contributed by atoms with E-state index in [1.807, 2.05) is 18.2 Å². The van der Waals surface area contributed by atoms with Crippen molar-refractivity contribution in [1.29, 1.82) is 0 Å². The first kappa shape index (κ1) is 11.5. The van der Waals surface area contributed by atoms with Crippen LogP contribution in [-0.2, 0) is 0 Å². The summed E-state index contributed by atoms with van der Waals surface area (Å²) in [5.41, 5.74) is 9.00. The van der Waals surface area contributed by atoms with Gasteiger partial charge in [0, 0.05) is 18.4 Å². The van der Waals surface area contributed by atoms with Gasteiger partial charge >= 0.3 is 0 Å². The third-order valence-electron chi connectivity index (χ3n) is 3.16. The number of anilines is 2. The predicted molar refractivity (Wildman–Crippen MR) is 74.1 cm³/mol. The number of hydrogen-bond donors (Lipinski definition) is 1. The van der Waals surface area contributed by atoms with Crippen LogP contribution in [-0.4, -0.2) is 7.05 Å². The number of nitrogens with two attached hydrogens (primary N) is 1. The molecule has 0 heterocycles. The Labute approximate surface area is 103 Å². The van der Waals surface area contributed by atoms with Gasteiger partial charge in [-0.3, -0.25) is 0 Å². The molecule has 1 atom stereocenters. The molecule has 0 aromatic heterocycles. The first-order chi connectivity index (χ1) is 8.18. The number of rotatable bonds is 3. The van der Waals surface area contributed by atoms with E-state index in [1.165, 1.54) is 11.3 Å². The van der Waals surface area contributed by atoms with Crippen molar-refractivity contribution in [3.63, 3.8) is 0 Å². The second-order valence-corrected chi connectivity index (χ2v) is 4.29. The van der Waals surface area contributed by atoms with Crippen molar-refractivity contribution in [1.82, 2.24) is 0 Å². The summed E-state index contributed by atoms with van der Waals surface area (Å²) in [5, 5.41) is 0. The molecule has 2 aromatic rings. The molecule has 2 N–H and O–H groups in total. The Morgan fingerprint density at radius 3 is 2.12 bits per heavy atom. The van der Waals surface area contributed by atoms with Crippen LogP contribution in [0.2, 0.25) is 0 Å². The van der Waals surface area contributed by atoms with Crippen LogP contribution < -0.4 is 10.6 Å². The van der Waals surface area contributed by atoms with Crippen molar-refractivity contribution in [2.45, 2.75) is 13.0 Å². The third kappa shape index (κ3) is 2.59. The van der Waals surface area contributed by atoms with Crippen molar-refractivity contribution in [2.75, 3.05) is 17.7 Å². The summed E-state index contributed by atoms with van der Waals surface area (Å²) >= 11 is 0. The monoisotopic (exact) mass is 226 g/mol. The van der Waals surface area contributed by atoms with Crippen LogP contribution in [0.5, 0.6) is 0 Å². The molecular formula is C15H18N2. The van der Waals surface area contributed by atoms with E-state index in [1.54, 1.807) is 0 Å². The molecule has 0 bridgehead atoms. The molecule has 0 saturated carbocycles. The van der Waals surface area contributed by atoms with E-state index in [-0.39, 0.29) is 0 Å². The standard InChI is InChI=1S/C15H18N2/c1-12(13-8-10-14(16)11-9-13)17(2)15-6-4-3-5-7-15/h3-12H,16H2,1-2H3. The Balaban J connectivity index is 2.20. The fraction of sp³-hybridized carbons (Fsp3) is 0.200. The maximum atomic E-state index is 5.70. The molecule has 2 nitrogen and oxygen atoms in total. The summed E-state index contributed by atoms with van der Waals surface area (Å²) in [4.78, 5) is 2.26. The first-order valence-electron chi connectivity index (χ1n) is 5.82. The lowest BCUT2D eigenvalue weighted by molar-refractivity contribution is 0.740. The minimum Gasteiger partial charge on any atom is -0.399 e. The van der Waals surface area contributed by atoms with Gasteiger partial charge in [0.25, 0.3) is 0 Å². The minimum atomic E-state index is 0.331. The van der Waals surface area contributed by atoms with Gasteiger partial charge < -0.3 is 10.6 Å². The number of para-hydroxylation sites is 1. The maximum absolute atomic E-state index is 5.70. The van der Waals surface area contributed by atoms with Crippen molar-refractivity contribution in [2.24, 2.45) is 0 Å². The van der Waals surface area contributed by atoms with Crippen LogP contribution in [0.3, 0.4) is 0 Å². The van der Waals surface area contributed by atoms with Crippen LogP contribution in [0.25, 0.3) is 0 Å². The second-order valence-electron chi connectivity index (χ2n) is 4.29. The van der Waals surface area contributed by atoms with Crippen molar-refractivity contribution in [3.05, 3.63) is 60.2 Å². The topological polar surface area (TPSA) is 29.3 Å². The Hall–Kier alpha value is -1.96. The van der Waals surface area contributed by atoms with Gasteiger partial charge in [-0.2, -0.15) is 0 Å². The minimum absolute atomic E-state index is 0.331. The summed E-state index contributed by atoms with van der Waals surface area (Å²) in [5.74, 6) is 0. The summed E-state index contributed by atoms with van der Waals surface area (Å²) in [6.07, 6.45) is 0. The lowest BCUT2D eigenvalue weighted by Gasteiger charge is -2.27. The van der Waals surface area contributed by atoms with Gasteiger partial charge in [-0.1, -0.05) is 30.3 Å². The fourth-order valence-electron chi connectivity index (χ4n) is 1.88. The van der Waals surface area contributed by atoms with Gasteiger partial charge in [0.2, 0.25) is 0 Å². The van der Waals surface area contributed by atoms with Crippen molar-refractivity contribution < 1.29 is 0 Å². The Morgan fingerprint density at radius 2 is 1.53 bits per heavy atom. The summed E-state index contributed by atoms with van der Waals surface area (Å²) in [6, 6.07) is 18.8. The van der Waals surface area contributed by atoms with E-state index in [4.69, 9.17) is 5.73 Å². The number of hydrogen-bond acceptors (Lipinski definition) is 2. The SMILES string of the molecule is CC(c1ccc(N)cc1)N(C)c1ccccc1. The predicted octanol–water partition coefficient (Wildman–Crippen LogP) is 3.47. The molecule has 1 unspecified atom stereocenters. The van der Waals surface area contributed by atoms with Gasteiger partial charge in [0.15, 0.2) is 0 Å². The highest BCUT2D eigenvalue weighted by Gasteiger charge is 2.11. The molecule has 0 amide bonds. The quantitative estimate of drug-likeness (QED) is 0.812. The van der Waals surface area contributed by atoms with Gasteiger partial charge in [-0.05, 0) is 36.8 Å². The lowest BCUT2D eigenvalue weighted by atomic mass is 10.1. The number of nitrogens with zero attached hydrogens (tertiary/aromatic N) is 1. The molecular weight excluding hydrogens is 208 g/mol. The normalized spacial score (nSPS) is 12.1. The molecule has 2 heteroatoms. The maximum Gasteiger partial charge on any atom is 0.0511 e. The second kappa shape index (κ2) is 4.91. The van der Waals surface area contributed by atoms with Gasteiger partial charge in [-0.25, -0.2) is 0 Å². The summed E-state index contributed by atoms with van der Waals surface area (Å²) in [6.45, 7) is 2.19. The summed E-state index contributed by atoms with van der Waals surface area (Å²) in [7, 11) is 2.11. The molecule has 2 aromatic carbocycles. The molecule has 0 saturated heterocycles. The highest BCUT2D eigenvalue weighted by molar-refractivity contribution is 5.48. The molecule has 2 rings (SSSR count). The third-order valence-corrected chi connectivity index (χ3v) is 3.16. The Bertz CT molecular complexity index is 462. The van der Waals surface area contributed by atoms with Gasteiger partial charge in [0.05, 0.1) is 6.04 Å². The first-order valence-corrected chi connectivity index (χ1v) is 5.82. The highest BCUT2D eigenvalue weighted by Crippen LogP contribution is 2.25. The average Bonchev–Trinajstić information content (AvgIpc) is 2.39. The van der Waals surface area contributed by atoms with E-state index < -0.39 is 0 Å². The molecule has 88 valence electrons. The van der Waals surface area contributed by atoms with E-state index in [0.29, 0.717) is 6.04 Å². The molecule has 0 spiro atoms. The van der Waals surface area contributed by atoms with Crippen LogP contribution in [0.1, 0.15) is 18.5 Å². The zero-order valence-corrected chi connectivity index (χ0v) is 10.3. The summed E-state index contributed by atoms with van der Waals surface area (Å²) < 4.78 is 0. The van der Waals surface area contributed by atoms with Crippen LogP contribution in [0.4, 0.5) is 11.4 Å². The van der Waals surface area contributed by atoms with E-state index in [9.17, 15) is 0 Å². The molecule has 0 fully saturated rings. The van der Waals surface area contributed by atoms with Crippen molar-refractivity contribution >= 4 is 11.4 Å². The van der Waals surface area contributed by atoms with Crippen LogP contribution >= 0.6 is 0 Å². The number of nitrogen functional groups attached to an aromatic ring is 1. The zero-order chi connectivity index (χ0) is 12.3. The molecule has 0 aliphatic rings. The molecule has 17 heavy (non-hydrogen) atoms. The fourth-order valence-corrected chi connectivity index (χ4v) is 1.88. The zero-order valence-electron chi connectivity index (χ0n) is 10.3. The largest absolute Gasteiger partial charge is 0.399 e. The molecule has 0 radical (unpaired) electrons. The lowest BCUT2D eigenvalue weighted by Crippen LogP contribution is -2.21. The van der Waals surface area contributed by atoms with Crippen LogP contribution in [0, 0.1) is 0 Å². The average molecular weight is 226 g/mol. The smallest absolute Gasteiger partial charge is 0.0511 e. The molecule has 0 aliphatic heterocycles. The van der Waals surface area contributed by atoms with Crippen molar-refractivity contribution in [3.8, 4) is 0 Å². The van der Waals surface area contributed by atoms with Gasteiger partial charge in [0.1, 0.15) is 0 Å². The van der Waals surface area contributed by atoms with E-state index >= 15 is 0 Å². The van der Waals surface area contributed by atoms with Crippen LogP contribution in [0.15, 0.2) is 54.6 Å². The Kier molecular flexibility index (Phi) is 3.33.